The summed E-state index contributed by atoms with van der Waals surface area (Å²) in [5, 5.41) is 0. The van der Waals surface area contributed by atoms with Crippen LogP contribution < -0.4 is 0 Å². The minimum absolute atomic E-state index is 0. The zero-order valence-corrected chi connectivity index (χ0v) is 6.05. The van der Waals surface area contributed by atoms with Gasteiger partial charge in [0, 0.05) is 0 Å². The van der Waals surface area contributed by atoms with Crippen molar-refractivity contribution in [2.24, 2.45) is 0 Å². The average Bonchev–Trinajstić information content (AvgIpc) is 1.12. The van der Waals surface area contributed by atoms with Gasteiger partial charge < -0.3 is 40.0 Å². The monoisotopic (exact) mass is 251 g/mol. The molecule has 79 valence electrons. The third-order valence-electron chi connectivity index (χ3n) is 0. The Morgan fingerprint density at radius 2 is 0.500 bits per heavy atom. The van der Waals surface area contributed by atoms with Gasteiger partial charge in [-0.2, -0.15) is 0 Å². The Labute approximate surface area is 72.2 Å². The number of halogens is 8. The molecule has 0 spiro atoms. The van der Waals surface area contributed by atoms with Crippen LogP contribution in [0.5, 0.6) is 0 Å². The van der Waals surface area contributed by atoms with Gasteiger partial charge in [0.15, 0.2) is 0 Å². The van der Waals surface area contributed by atoms with Crippen molar-refractivity contribution in [3.05, 3.63) is 0 Å². The number of rotatable bonds is 0. The van der Waals surface area contributed by atoms with Gasteiger partial charge in [0.05, 0.1) is 0 Å². The fourth-order valence-corrected chi connectivity index (χ4v) is 0. The van der Waals surface area contributed by atoms with Crippen molar-refractivity contribution >= 4 is 14.5 Å². The molecule has 1 radical (unpaired) electrons. The van der Waals surface area contributed by atoms with Gasteiger partial charge in [-0.25, -0.2) is 0 Å². The third kappa shape index (κ3) is 620000. The molecule has 0 aromatic heterocycles. The van der Waals surface area contributed by atoms with E-state index < -0.39 is 14.5 Å². The predicted molar refractivity (Wildman–Crippen MR) is 24.0 cm³/mol. The molecule has 0 aliphatic rings. The van der Waals surface area contributed by atoms with Crippen LogP contribution in [0.4, 0.5) is 34.5 Å². The standard InChI is InChI=1S/2BF4.Co.H2O/c2*2-1(3,4)5;;/h;;;1H2/q2*-1;+2;. The first-order chi connectivity index (χ1) is 4.00. The van der Waals surface area contributed by atoms with Crippen molar-refractivity contribution in [1.29, 1.82) is 0 Å². The van der Waals surface area contributed by atoms with Gasteiger partial charge in [0.25, 0.3) is 0 Å². The van der Waals surface area contributed by atoms with Crippen molar-refractivity contribution in [3.8, 4) is 0 Å². The summed E-state index contributed by atoms with van der Waals surface area (Å²) in [5.74, 6) is 0. The maximum absolute atomic E-state index is 9.75. The second-order valence-electron chi connectivity index (χ2n) is 0.990. The Hall–Kier alpha value is 0.0364. The molecular weight excluding hydrogens is 249 g/mol. The van der Waals surface area contributed by atoms with Crippen molar-refractivity contribution in [3.63, 3.8) is 0 Å². The zero-order chi connectivity index (χ0) is 9.00. The van der Waals surface area contributed by atoms with Crippen molar-refractivity contribution in [1.82, 2.24) is 0 Å². The summed E-state index contributed by atoms with van der Waals surface area (Å²) < 4.78 is 78.0. The van der Waals surface area contributed by atoms with E-state index in [1.54, 1.807) is 0 Å². The summed E-state index contributed by atoms with van der Waals surface area (Å²) in [6.45, 7) is 0. The second-order valence-corrected chi connectivity index (χ2v) is 0.990. The zero-order valence-electron chi connectivity index (χ0n) is 5.01. The first kappa shape index (κ1) is 22.7. The van der Waals surface area contributed by atoms with Gasteiger partial charge in [-0.15, -0.1) is 0 Å². The Bertz CT molecular complexity index is 60.0. The normalized spacial score (nSPS) is 10.0. The van der Waals surface area contributed by atoms with Gasteiger partial charge >= 0.3 is 31.3 Å². The molecule has 0 amide bonds. The molecule has 0 rings (SSSR count). The molecule has 0 aromatic rings. The minimum atomic E-state index is -6.00. The molecule has 1 nitrogen and oxygen atoms in total. The summed E-state index contributed by atoms with van der Waals surface area (Å²) in [4.78, 5) is 0. The van der Waals surface area contributed by atoms with Crippen LogP contribution in [0, 0.1) is 0 Å². The van der Waals surface area contributed by atoms with Gasteiger partial charge in [0.2, 0.25) is 0 Å². The molecule has 0 fully saturated rings. The van der Waals surface area contributed by atoms with Gasteiger partial charge in [-0.1, -0.05) is 0 Å². The van der Waals surface area contributed by atoms with E-state index in [0.717, 1.165) is 0 Å². The largest absolute Gasteiger partial charge is 2.00 e. The average molecular weight is 251 g/mol. The Balaban J connectivity index is -0.0000000457. The van der Waals surface area contributed by atoms with E-state index in [1.807, 2.05) is 0 Å². The van der Waals surface area contributed by atoms with E-state index >= 15 is 0 Å². The summed E-state index contributed by atoms with van der Waals surface area (Å²) in [5.41, 5.74) is 0. The molecule has 12 heteroatoms. The molecule has 12 heavy (non-hydrogen) atoms. The van der Waals surface area contributed by atoms with Crippen molar-refractivity contribution in [2.75, 3.05) is 0 Å². The van der Waals surface area contributed by atoms with Crippen LogP contribution in [0.2, 0.25) is 0 Å². The molecule has 2 N–H and O–H groups in total. The summed E-state index contributed by atoms with van der Waals surface area (Å²) in [6.07, 6.45) is 0. The summed E-state index contributed by atoms with van der Waals surface area (Å²) in [6, 6.07) is 0. The quantitative estimate of drug-likeness (QED) is 0.464. The minimum Gasteiger partial charge on any atom is -0.418 e. The summed E-state index contributed by atoms with van der Waals surface area (Å²) >= 11 is 0. The molecule has 0 unspecified atom stereocenters. The fraction of sp³-hybridized carbons (Fsp3) is 0. The van der Waals surface area contributed by atoms with E-state index in [9.17, 15) is 34.5 Å². The first-order valence-corrected chi connectivity index (χ1v) is 1.75. The van der Waals surface area contributed by atoms with Crippen LogP contribution in [0.3, 0.4) is 0 Å². The van der Waals surface area contributed by atoms with Crippen molar-refractivity contribution < 1.29 is 56.8 Å². The second kappa shape index (κ2) is 7.67. The van der Waals surface area contributed by atoms with Gasteiger partial charge in [0.1, 0.15) is 0 Å². The van der Waals surface area contributed by atoms with Crippen LogP contribution in [-0.2, 0) is 16.8 Å². The molecule has 0 saturated heterocycles. The van der Waals surface area contributed by atoms with E-state index in [2.05, 4.69) is 0 Å². The first-order valence-electron chi connectivity index (χ1n) is 1.75. The molecule has 0 bridgehead atoms. The van der Waals surface area contributed by atoms with E-state index in [0.29, 0.717) is 0 Å². The third-order valence-corrected chi connectivity index (χ3v) is 0. The molecule has 0 aliphatic carbocycles. The topological polar surface area (TPSA) is 31.5 Å². The van der Waals surface area contributed by atoms with Crippen LogP contribution in [-0.4, -0.2) is 20.0 Å². The maximum atomic E-state index is 9.75. The van der Waals surface area contributed by atoms with Crippen LogP contribution in [0.1, 0.15) is 0 Å². The van der Waals surface area contributed by atoms with Crippen LogP contribution in [0.25, 0.3) is 0 Å². The molecule has 0 atom stereocenters. The van der Waals surface area contributed by atoms with E-state index in [-0.39, 0.29) is 22.3 Å². The van der Waals surface area contributed by atoms with Crippen LogP contribution in [0.15, 0.2) is 0 Å². The Morgan fingerprint density at radius 3 is 0.500 bits per heavy atom. The van der Waals surface area contributed by atoms with Gasteiger partial charge in [-0.3, -0.25) is 0 Å². The summed E-state index contributed by atoms with van der Waals surface area (Å²) in [7, 11) is -12.0. The maximum Gasteiger partial charge on any atom is 2.00 e. The SMILES string of the molecule is F[B-](F)(F)F.F[B-](F)(F)F.O.[Co+2]. The predicted octanol–water partition coefficient (Wildman–Crippen LogP) is 1.77. The van der Waals surface area contributed by atoms with Gasteiger partial charge in [-0.05, 0) is 0 Å². The number of hydrogen-bond donors (Lipinski definition) is 0. The Morgan fingerprint density at radius 1 is 0.500 bits per heavy atom. The molecular formula is H2B2CoF8O. The smallest absolute Gasteiger partial charge is 0.418 e. The number of hydrogen-bond acceptors (Lipinski definition) is 0. The van der Waals surface area contributed by atoms with E-state index in [4.69, 9.17) is 0 Å². The Kier molecular flexibility index (Phi) is 14.5. The molecule has 0 aromatic carbocycles. The molecule has 0 saturated carbocycles. The van der Waals surface area contributed by atoms with Crippen LogP contribution >= 0.6 is 0 Å². The molecule has 0 heterocycles. The van der Waals surface area contributed by atoms with Crippen molar-refractivity contribution in [2.45, 2.75) is 0 Å². The fourth-order valence-electron chi connectivity index (χ4n) is 0. The van der Waals surface area contributed by atoms with E-state index in [1.165, 1.54) is 0 Å². The molecule has 0 aliphatic heterocycles.